The highest BCUT2D eigenvalue weighted by Crippen LogP contribution is 2.72. The van der Waals surface area contributed by atoms with Crippen LogP contribution in [0.4, 0.5) is 16.6 Å². The van der Waals surface area contributed by atoms with Crippen molar-refractivity contribution in [2.45, 2.75) is 198 Å². The van der Waals surface area contributed by atoms with Gasteiger partial charge in [0.05, 0.1) is 47.4 Å². The van der Waals surface area contributed by atoms with Crippen LogP contribution in [0, 0.1) is 29.1 Å². The van der Waals surface area contributed by atoms with E-state index >= 15 is 0 Å². The minimum absolute atomic E-state index is 0.0105. The minimum atomic E-state index is -1.98. The zero-order chi connectivity index (χ0) is 79.8. The molecule has 13 atom stereocenters. The SMILES string of the molecule is Cc1c(-c2ccc(N3CCc4cccc(C(=O)Nc5nc6ccccc6s5)c4C3)nc2C(=O)O)cnn1CC12CC3(C)CC(C)(C1)CC(OCCNC(C[C@@H](O)[C@@H](O)[C@H](O)CO)C(=O)OCc1ccc(NC(=O)[C@H](C)NC(=O)[C@@H](NC(=O)CN4C(=O)C=CC4=O)C(C)C)cc1CC[C@@H]1O[C@H](C(=O)O)[C@@H](O)[C@H](O)[C@H]1O)(C3)C2. The van der Waals surface area contributed by atoms with Crippen LogP contribution >= 0.6 is 11.3 Å². The number of hydrogen-bond acceptors (Lipinski definition) is 25. The molecule has 5 fully saturated rings. The summed E-state index contributed by atoms with van der Waals surface area (Å²) in [7, 11) is 0. The van der Waals surface area contributed by atoms with Gasteiger partial charge in [0.2, 0.25) is 17.7 Å². The quantitative estimate of drug-likeness (QED) is 0.0164. The summed E-state index contributed by atoms with van der Waals surface area (Å²) in [4.78, 5) is 130. The number of ether oxygens (including phenoxy) is 3. The second-order valence-corrected chi connectivity index (χ2v) is 32.7. The maximum atomic E-state index is 14.5. The van der Waals surface area contributed by atoms with Gasteiger partial charge < -0.3 is 86.3 Å². The number of benzene rings is 3. The number of carbonyl (C=O) groups is 9. The van der Waals surface area contributed by atoms with Crippen LogP contribution in [0.5, 0.6) is 0 Å². The smallest absolute Gasteiger partial charge is 0.355 e. The van der Waals surface area contributed by atoms with Crippen LogP contribution in [0.15, 0.2) is 91.1 Å². The van der Waals surface area contributed by atoms with Crippen molar-refractivity contribution >= 4 is 91.5 Å². The Hall–Kier alpha value is -9.52. The molecule has 4 bridgehead atoms. The van der Waals surface area contributed by atoms with Crippen LogP contribution in [-0.4, -0.2) is 229 Å². The molecule has 0 spiro atoms. The average Bonchev–Trinajstić information content (AvgIpc) is 1.02. The number of amides is 6. The van der Waals surface area contributed by atoms with Crippen LogP contribution in [-0.2, 0) is 80.3 Å². The maximum Gasteiger partial charge on any atom is 0.355 e. The summed E-state index contributed by atoms with van der Waals surface area (Å²) in [5.74, 6) is -7.87. The summed E-state index contributed by atoms with van der Waals surface area (Å²) < 4.78 is 21.4. The second kappa shape index (κ2) is 33.0. The summed E-state index contributed by atoms with van der Waals surface area (Å²) >= 11 is 1.39. The Morgan fingerprint density at radius 2 is 1.51 bits per heavy atom. The van der Waals surface area contributed by atoms with E-state index in [-0.39, 0.29) is 59.5 Å². The molecule has 3 aromatic carbocycles. The molecule has 32 nitrogen and oxygen atoms in total. The molecule has 6 amide bonds. The summed E-state index contributed by atoms with van der Waals surface area (Å²) in [6, 6.07) is 17.4. The summed E-state index contributed by atoms with van der Waals surface area (Å²) in [5.41, 5.74) is 4.21. The molecular weight excluding hydrogens is 1460 g/mol. The lowest BCUT2D eigenvalue weighted by Gasteiger charge is -2.69. The Bertz CT molecular complexity index is 4530. The Kier molecular flexibility index (Phi) is 24.1. The van der Waals surface area contributed by atoms with Crippen LogP contribution in [0.25, 0.3) is 21.3 Å². The van der Waals surface area contributed by atoms with Gasteiger partial charge in [0.15, 0.2) is 16.9 Å². The van der Waals surface area contributed by atoms with Crippen molar-refractivity contribution < 1.29 is 103 Å². The summed E-state index contributed by atoms with van der Waals surface area (Å²) in [6.07, 6.45) is -6.14. The highest BCUT2D eigenvalue weighted by molar-refractivity contribution is 7.22. The number of esters is 1. The second-order valence-electron chi connectivity index (χ2n) is 31.6. The lowest BCUT2D eigenvalue weighted by atomic mass is 9.39. The first-order chi connectivity index (χ1) is 52.7. The number of aromatic carboxylic acids is 1. The molecule has 7 aliphatic rings. The fourth-order valence-corrected chi connectivity index (χ4v) is 18.9. The van der Waals surface area contributed by atoms with Gasteiger partial charge in [-0.1, -0.05) is 69.4 Å². The molecule has 3 aliphatic heterocycles. The number of hydrogen-bond donors (Lipinski definition) is 14. The molecule has 1 saturated heterocycles. The Labute approximate surface area is 642 Å². The third kappa shape index (κ3) is 17.9. The van der Waals surface area contributed by atoms with Gasteiger partial charge in [-0.15, -0.1) is 0 Å². The number of carboxylic acids is 2. The summed E-state index contributed by atoms with van der Waals surface area (Å²) in [5, 5.41) is 114. The predicted octanol–water partition coefficient (Wildman–Crippen LogP) is 3.06. The largest absolute Gasteiger partial charge is 0.479 e. The summed E-state index contributed by atoms with van der Waals surface area (Å²) in [6.45, 7) is 10.5. The highest BCUT2D eigenvalue weighted by atomic mass is 32.1. The Morgan fingerprint density at radius 1 is 0.784 bits per heavy atom. The van der Waals surface area contributed by atoms with Crippen LogP contribution in [0.1, 0.15) is 135 Å². The van der Waals surface area contributed by atoms with Gasteiger partial charge >= 0.3 is 17.9 Å². The fraction of sp³-hybridized carbons (Fsp3) is 0.513. The number of aromatic nitrogens is 4. The molecular formula is C78H95N11O21S. The van der Waals surface area contributed by atoms with Gasteiger partial charge in [0.25, 0.3) is 17.7 Å². The van der Waals surface area contributed by atoms with Gasteiger partial charge in [-0.25, -0.2) is 19.6 Å². The van der Waals surface area contributed by atoms with Crippen molar-refractivity contribution in [1.29, 1.82) is 0 Å². The van der Waals surface area contributed by atoms with E-state index in [9.17, 15) is 89.1 Å². The van der Waals surface area contributed by atoms with E-state index in [1.54, 1.807) is 38.2 Å². The Morgan fingerprint density at radius 3 is 2.21 bits per heavy atom. The van der Waals surface area contributed by atoms with E-state index in [4.69, 9.17) is 24.3 Å². The highest BCUT2D eigenvalue weighted by Gasteiger charge is 2.66. The fourth-order valence-electron chi connectivity index (χ4n) is 18.1. The third-order valence-corrected chi connectivity index (χ3v) is 23.3. The molecule has 111 heavy (non-hydrogen) atoms. The minimum Gasteiger partial charge on any atom is -0.479 e. The van der Waals surface area contributed by atoms with Gasteiger partial charge in [0.1, 0.15) is 67.6 Å². The normalized spacial score (nSPS) is 25.6. The molecule has 3 unspecified atom stereocenters. The molecule has 4 aliphatic carbocycles. The van der Waals surface area contributed by atoms with Crippen LogP contribution < -0.4 is 31.5 Å². The molecule has 13 rings (SSSR count). The third-order valence-electron chi connectivity index (χ3n) is 22.3. The number of aliphatic carboxylic acids is 1. The monoisotopic (exact) mass is 1550 g/mol. The van der Waals surface area contributed by atoms with E-state index < -0.39 is 152 Å². The first kappa shape index (κ1) is 81.0. The van der Waals surface area contributed by atoms with E-state index in [1.807, 2.05) is 52.9 Å². The topological polar surface area (TPSA) is 474 Å². The van der Waals surface area contributed by atoms with E-state index in [0.717, 1.165) is 71.3 Å². The van der Waals surface area contributed by atoms with Gasteiger partial charge in [0, 0.05) is 72.8 Å². The molecule has 33 heteroatoms. The number of nitrogens with zero attached hydrogens (tertiary/aromatic N) is 6. The molecule has 4 saturated carbocycles. The standard InChI is InChI=1S/C78H95N11O21S/c1-40(2)61(85-58(93)30-88-59(94)20-21-60(88)95)70(102)81-41(3)68(100)82-46-16-14-45(44(26-46)15-18-55-64(97)65(98)66(99)67(110-55)72(105)106)32-108-73(107)52(27-53(91)63(96)54(92)31-90)79-23-25-109-78-36-75(5)33-76(6,37-78)35-77(34-75,38-78)39-89-42(4)49(28-80-89)47-17-19-57(84-62(47)71(103)104)87-24-22-43-10-9-11-48(50(43)29-87)69(101)86-74-83-51-12-7-8-13-56(51)111-74/h7-14,16-17,19-21,26,28,40-41,52-55,61,63-67,79,90-92,96-99H,15,18,22-25,27,29-39H2,1-6H3,(H,81,102)(H,82,100)(H,85,93)(H,103,104)(H,105,106)(H,83,86,101)/t41-,52?,53+,54+,55-,61-,63+,64-,65+,66-,67-,75?,76?,77?,78?/m0/s1. The number of imide groups is 1. The van der Waals surface area contributed by atoms with Crippen molar-refractivity contribution in [2.75, 3.05) is 48.4 Å². The molecule has 0 radical (unpaired) electrons. The number of nitrogens with one attached hydrogen (secondary N) is 5. The number of rotatable bonds is 32. The molecule has 594 valence electrons. The van der Waals surface area contributed by atoms with Crippen LogP contribution in [0.3, 0.4) is 0 Å². The maximum absolute atomic E-state index is 14.5. The van der Waals surface area contributed by atoms with E-state index in [0.29, 0.717) is 76.1 Å². The predicted molar refractivity (Wildman–Crippen MR) is 400 cm³/mol. The molecule has 6 heterocycles. The number of anilines is 3. The number of thiazole rings is 1. The number of pyridine rings is 1. The molecule has 14 N–H and O–H groups in total. The number of para-hydroxylation sites is 1. The first-order valence-corrected chi connectivity index (χ1v) is 37.9. The number of aryl methyl sites for hydroxylation is 1. The number of carboxylic acid groups (broad SMARTS) is 2. The number of fused-ring (bicyclic) bond motifs is 2. The van der Waals surface area contributed by atoms with E-state index in [2.05, 4.69) is 45.4 Å². The van der Waals surface area contributed by atoms with Crippen molar-refractivity contribution in [1.82, 2.24) is 40.6 Å². The zero-order valence-corrected chi connectivity index (χ0v) is 63.1. The lowest BCUT2D eigenvalue weighted by molar-refractivity contribution is -0.247. The number of carbonyl (C=O) groups excluding carboxylic acids is 7. The Balaban J connectivity index is 0.715. The van der Waals surface area contributed by atoms with Crippen molar-refractivity contribution in [3.8, 4) is 11.1 Å². The first-order valence-electron chi connectivity index (χ1n) is 37.1. The van der Waals surface area contributed by atoms with Gasteiger partial charge in [-0.2, -0.15) is 5.10 Å². The number of aliphatic hydroxyl groups is 7. The van der Waals surface area contributed by atoms with Crippen LogP contribution in [0.2, 0.25) is 0 Å². The van der Waals surface area contributed by atoms with Gasteiger partial charge in [-0.3, -0.25) is 48.5 Å². The molecule has 6 aromatic rings. The van der Waals surface area contributed by atoms with E-state index in [1.165, 1.54) is 36.5 Å². The average molecular weight is 1550 g/mol. The number of aliphatic hydroxyl groups excluding tert-OH is 7. The lowest BCUT2D eigenvalue weighted by Crippen LogP contribution is -2.64. The molecule has 3 aromatic heterocycles. The zero-order valence-electron chi connectivity index (χ0n) is 62.3. The van der Waals surface area contributed by atoms with Crippen molar-refractivity contribution in [3.05, 3.63) is 130 Å². The van der Waals surface area contributed by atoms with Crippen molar-refractivity contribution in [3.63, 3.8) is 0 Å². The van der Waals surface area contributed by atoms with Crippen molar-refractivity contribution in [2.24, 2.45) is 22.2 Å². The van der Waals surface area contributed by atoms with Gasteiger partial charge in [-0.05, 0) is 159 Å².